The maximum atomic E-state index is 13.8. The van der Waals surface area contributed by atoms with Crippen molar-refractivity contribution in [2.45, 2.75) is 26.4 Å². The molecule has 2 rings (SSSR count). The number of fused-ring (bicyclic) bond motifs is 1. The number of hydrogen-bond acceptors (Lipinski definition) is 5. The van der Waals surface area contributed by atoms with Gasteiger partial charge in [-0.1, -0.05) is 0 Å². The number of benzene rings is 1. The molecule has 0 bridgehead atoms. The summed E-state index contributed by atoms with van der Waals surface area (Å²) < 4.78 is 24.9. The Bertz CT molecular complexity index is 720. The Balaban J connectivity index is 2.68. The molecule has 0 aliphatic rings. The predicted molar refractivity (Wildman–Crippen MR) is 79.9 cm³/mol. The monoisotopic (exact) mass is 309 g/mol. The summed E-state index contributed by atoms with van der Waals surface area (Å²) >= 11 is 0. The third-order valence-corrected chi connectivity index (χ3v) is 2.94. The number of ether oxygens (including phenoxy) is 2. The quantitative estimate of drug-likeness (QED) is 0.816. The lowest BCUT2D eigenvalue weighted by molar-refractivity contribution is 0.0547. The molecule has 0 spiro atoms. The van der Waals surface area contributed by atoms with E-state index in [0.29, 0.717) is 5.39 Å². The first-order valence-corrected chi connectivity index (χ1v) is 6.62. The zero-order valence-corrected chi connectivity index (χ0v) is 12.8. The lowest BCUT2D eigenvalue weighted by Gasteiger charge is -2.21. The van der Waals surface area contributed by atoms with Crippen LogP contribution in [0.2, 0.25) is 0 Å². The van der Waals surface area contributed by atoms with E-state index in [0.717, 1.165) is 10.6 Å². The van der Waals surface area contributed by atoms with E-state index in [1.807, 2.05) is 0 Å². The lowest BCUT2D eigenvalue weighted by atomic mass is 9.86. The second-order valence-electron chi connectivity index (χ2n) is 5.80. The molecule has 1 aromatic carbocycles. The molecule has 0 radical (unpaired) electrons. The Hall–Kier alpha value is -2.06. The van der Waals surface area contributed by atoms with Gasteiger partial charge in [0.05, 0.1) is 18.2 Å². The summed E-state index contributed by atoms with van der Waals surface area (Å²) in [6.07, 6.45) is -0.792. The minimum absolute atomic E-state index is 0.0608. The summed E-state index contributed by atoms with van der Waals surface area (Å²) in [6.45, 7) is 5.06. The fourth-order valence-corrected chi connectivity index (χ4v) is 2.09. The molecule has 0 unspecified atom stereocenters. The van der Waals surface area contributed by atoms with Crippen LogP contribution in [0.15, 0.2) is 18.2 Å². The van der Waals surface area contributed by atoms with E-state index in [4.69, 9.17) is 9.47 Å². The van der Waals surface area contributed by atoms with Gasteiger partial charge in [0.2, 0.25) is 0 Å². The number of carbonyl (C=O) groups is 1. The molecule has 0 aliphatic heterocycles. The van der Waals surface area contributed by atoms with Crippen LogP contribution in [0.3, 0.4) is 0 Å². The first-order valence-electron chi connectivity index (χ1n) is 6.62. The van der Waals surface area contributed by atoms with Crippen molar-refractivity contribution in [3.63, 3.8) is 0 Å². The van der Waals surface area contributed by atoms with Gasteiger partial charge < -0.3 is 19.5 Å². The number of rotatable bonds is 2. The van der Waals surface area contributed by atoms with Crippen LogP contribution in [0.1, 0.15) is 20.8 Å². The lowest BCUT2D eigenvalue weighted by Crippen LogP contribution is -2.41. The third kappa shape index (κ3) is 3.07. The van der Waals surface area contributed by atoms with Crippen molar-refractivity contribution in [1.29, 1.82) is 0 Å². The summed E-state index contributed by atoms with van der Waals surface area (Å²) in [6, 6.07) is 3.77. The summed E-state index contributed by atoms with van der Waals surface area (Å²) in [7, 11) is -0.610. The molecule has 6 nitrogen and oxygen atoms in total. The molecule has 0 aliphatic carbocycles. The van der Waals surface area contributed by atoms with Crippen LogP contribution < -0.4 is 10.3 Å². The van der Waals surface area contributed by atoms with E-state index in [-0.39, 0.29) is 16.9 Å². The molecule has 22 heavy (non-hydrogen) atoms. The normalized spacial score (nSPS) is 11.6. The van der Waals surface area contributed by atoms with Crippen molar-refractivity contribution in [3.05, 3.63) is 24.0 Å². The van der Waals surface area contributed by atoms with Crippen LogP contribution in [0.4, 0.5) is 9.18 Å². The van der Waals surface area contributed by atoms with Crippen LogP contribution in [0.25, 0.3) is 10.9 Å². The molecule has 1 aromatic heterocycles. The van der Waals surface area contributed by atoms with Gasteiger partial charge in [-0.25, -0.2) is 9.18 Å². The van der Waals surface area contributed by atoms with E-state index in [2.05, 4.69) is 0 Å². The van der Waals surface area contributed by atoms with Crippen molar-refractivity contribution in [2.75, 3.05) is 7.11 Å². The molecule has 2 N–H and O–H groups in total. The van der Waals surface area contributed by atoms with E-state index >= 15 is 0 Å². The molecule has 8 heteroatoms. The first kappa shape index (κ1) is 16.3. The molecule has 0 saturated carbocycles. The Morgan fingerprint density at radius 2 is 1.91 bits per heavy atom. The molecule has 2 aromatic rings. The number of halogens is 1. The largest absolute Gasteiger partial charge is 0.506 e. The molecular weight excluding hydrogens is 292 g/mol. The molecule has 0 fully saturated rings. The zero-order valence-electron chi connectivity index (χ0n) is 12.8. The smallest absolute Gasteiger partial charge is 0.494 e. The highest BCUT2D eigenvalue weighted by atomic mass is 19.1. The average molecular weight is 309 g/mol. The summed E-state index contributed by atoms with van der Waals surface area (Å²) in [5.74, 6) is -0.676. The Kier molecular flexibility index (Phi) is 4.17. The fraction of sp³-hybridized carbons (Fsp3) is 0.357. The first-order chi connectivity index (χ1) is 10.1. The highest BCUT2D eigenvalue weighted by molar-refractivity contribution is 6.59. The maximum Gasteiger partial charge on any atom is 0.506 e. The van der Waals surface area contributed by atoms with Crippen LogP contribution in [-0.4, -0.2) is 40.5 Å². The second kappa shape index (κ2) is 5.62. The molecule has 0 saturated heterocycles. The topological polar surface area (TPSA) is 80.9 Å². The number of aromatic nitrogens is 1. The van der Waals surface area contributed by atoms with Crippen LogP contribution >= 0.6 is 0 Å². The van der Waals surface area contributed by atoms with Crippen molar-refractivity contribution >= 4 is 29.7 Å². The zero-order chi connectivity index (χ0) is 16.7. The minimum Gasteiger partial charge on any atom is -0.494 e. The van der Waals surface area contributed by atoms with Gasteiger partial charge >= 0.3 is 13.2 Å². The van der Waals surface area contributed by atoms with E-state index in [1.54, 1.807) is 20.8 Å². The van der Waals surface area contributed by atoms with Gasteiger partial charge in [-0.15, -0.1) is 0 Å². The molecule has 0 atom stereocenters. The minimum atomic E-state index is -1.91. The molecule has 1 heterocycles. The van der Waals surface area contributed by atoms with Crippen LogP contribution in [0, 0.1) is 5.82 Å². The molecular formula is C14H17BFNO5. The van der Waals surface area contributed by atoms with Crippen LogP contribution in [-0.2, 0) is 4.74 Å². The molecule has 118 valence electrons. The van der Waals surface area contributed by atoms with E-state index < -0.39 is 24.6 Å². The van der Waals surface area contributed by atoms with Crippen molar-refractivity contribution in [1.82, 2.24) is 4.57 Å². The number of carbonyl (C=O) groups excluding carboxylic acids is 1. The van der Waals surface area contributed by atoms with Crippen molar-refractivity contribution in [3.8, 4) is 5.75 Å². The second-order valence-corrected chi connectivity index (χ2v) is 5.80. The highest BCUT2D eigenvalue weighted by Gasteiger charge is 2.27. The number of hydrogen-bond donors (Lipinski definition) is 2. The van der Waals surface area contributed by atoms with Gasteiger partial charge in [0.1, 0.15) is 5.60 Å². The summed E-state index contributed by atoms with van der Waals surface area (Å²) in [5.41, 5.74) is -0.623. The molecule has 0 amide bonds. The Morgan fingerprint density at radius 3 is 2.41 bits per heavy atom. The highest BCUT2D eigenvalue weighted by Crippen LogP contribution is 2.25. The Labute approximate surface area is 127 Å². The SMILES string of the molecule is COc1cc2c(cc1F)cc(B(O)O)n2C(=O)OC(C)(C)C. The Morgan fingerprint density at radius 1 is 1.27 bits per heavy atom. The number of methoxy groups -OCH3 is 1. The van der Waals surface area contributed by atoms with Crippen LogP contribution in [0.5, 0.6) is 5.75 Å². The van der Waals surface area contributed by atoms with Gasteiger partial charge in [-0.3, -0.25) is 4.57 Å². The number of nitrogens with zero attached hydrogens (tertiary/aromatic N) is 1. The summed E-state index contributed by atoms with van der Waals surface area (Å²) in [4.78, 5) is 12.3. The third-order valence-electron chi connectivity index (χ3n) is 2.94. The van der Waals surface area contributed by atoms with E-state index in [1.165, 1.54) is 19.2 Å². The van der Waals surface area contributed by atoms with Gasteiger partial charge in [-0.2, -0.15) is 0 Å². The van der Waals surface area contributed by atoms with Gasteiger partial charge in [0.15, 0.2) is 11.6 Å². The summed E-state index contributed by atoms with van der Waals surface area (Å²) in [5, 5.41) is 19.2. The van der Waals surface area contributed by atoms with Crippen molar-refractivity contribution in [2.24, 2.45) is 0 Å². The van der Waals surface area contributed by atoms with Gasteiger partial charge in [0, 0.05) is 11.5 Å². The van der Waals surface area contributed by atoms with Crippen molar-refractivity contribution < 1.29 is 28.7 Å². The fourth-order valence-electron chi connectivity index (χ4n) is 2.09. The average Bonchev–Trinajstić information content (AvgIpc) is 2.74. The predicted octanol–water partition coefficient (Wildman–Crippen LogP) is 1.25. The standard InChI is InChI=1S/C14H17BFNO5/c1-14(2,3)22-13(18)17-10-7-11(21-4)9(16)5-8(10)6-12(17)15(19)20/h5-7,19-20H,1-4H3. The van der Waals surface area contributed by atoms with Gasteiger partial charge in [-0.05, 0) is 32.9 Å². The maximum absolute atomic E-state index is 13.8. The van der Waals surface area contributed by atoms with E-state index in [9.17, 15) is 19.2 Å². The van der Waals surface area contributed by atoms with Gasteiger partial charge in [0.25, 0.3) is 0 Å².